The summed E-state index contributed by atoms with van der Waals surface area (Å²) in [6.07, 6.45) is 6.65. The molecule has 0 aliphatic carbocycles. The summed E-state index contributed by atoms with van der Waals surface area (Å²) >= 11 is 0. The molecule has 7 nitrogen and oxygen atoms in total. The van der Waals surface area contributed by atoms with Crippen molar-refractivity contribution in [2.45, 2.75) is 34.1 Å². The molecular weight excluding hydrogens is 396 g/mol. The first kappa shape index (κ1) is 21.9. The van der Waals surface area contributed by atoms with Crippen LogP contribution in [0.3, 0.4) is 0 Å². The Morgan fingerprint density at radius 3 is 2.58 bits per heavy atom. The van der Waals surface area contributed by atoms with Crippen molar-refractivity contribution in [1.29, 1.82) is 0 Å². The molecule has 0 fully saturated rings. The summed E-state index contributed by atoms with van der Waals surface area (Å²) in [6.45, 7) is 5.28. The maximum absolute atomic E-state index is 13.0. The van der Waals surface area contributed by atoms with Gasteiger partial charge in [-0.05, 0) is 26.3 Å². The fourth-order valence-electron chi connectivity index (χ4n) is 2.72. The third kappa shape index (κ3) is 5.43. The van der Waals surface area contributed by atoms with Gasteiger partial charge in [0.25, 0.3) is 5.56 Å². The second-order valence-electron chi connectivity index (χ2n) is 7.91. The Balaban J connectivity index is 1.92. The molecule has 0 spiro atoms. The van der Waals surface area contributed by atoms with E-state index in [9.17, 15) is 9.59 Å². The van der Waals surface area contributed by atoms with Crippen LogP contribution in [0.15, 0.2) is 53.6 Å². The predicted octanol–water partition coefficient (Wildman–Crippen LogP) is 3.53. The average molecular weight is 420 g/mol. The molecule has 1 heterocycles. The number of terminal acetylenes is 1. The van der Waals surface area contributed by atoms with Crippen molar-refractivity contribution in [3.05, 3.63) is 64.7 Å². The highest BCUT2D eigenvalue weighted by Gasteiger charge is 2.23. The Morgan fingerprint density at radius 2 is 1.90 bits per heavy atom. The van der Waals surface area contributed by atoms with Gasteiger partial charge in [0.2, 0.25) is 0 Å². The van der Waals surface area contributed by atoms with Crippen LogP contribution in [0.4, 0.5) is 0 Å². The molecule has 0 N–H and O–H groups in total. The normalized spacial score (nSPS) is 11.0. The van der Waals surface area contributed by atoms with E-state index in [2.05, 4.69) is 10.9 Å². The quantitative estimate of drug-likeness (QED) is 0.430. The van der Waals surface area contributed by atoms with E-state index >= 15 is 0 Å². The molecule has 0 bridgehead atoms. The zero-order valence-electron chi connectivity index (χ0n) is 17.8. The second-order valence-corrected chi connectivity index (χ2v) is 7.91. The minimum Gasteiger partial charge on any atom is -0.489 e. The molecule has 0 radical (unpaired) electrons. The smallest absolute Gasteiger partial charge is 0.312 e. The van der Waals surface area contributed by atoms with E-state index in [0.29, 0.717) is 17.9 Å². The van der Waals surface area contributed by atoms with E-state index in [1.807, 2.05) is 30.3 Å². The summed E-state index contributed by atoms with van der Waals surface area (Å²) in [5.41, 5.74) is 0.298. The van der Waals surface area contributed by atoms with Crippen LogP contribution in [-0.2, 0) is 22.9 Å². The first-order valence-corrected chi connectivity index (χ1v) is 9.73. The summed E-state index contributed by atoms with van der Waals surface area (Å²) < 4.78 is 17.9. The average Bonchev–Trinajstić information content (AvgIpc) is 2.75. The Hall–Kier alpha value is -3.79. The summed E-state index contributed by atoms with van der Waals surface area (Å²) in [4.78, 5) is 29.4. The van der Waals surface area contributed by atoms with Gasteiger partial charge in [-0.15, -0.1) is 6.42 Å². The van der Waals surface area contributed by atoms with Gasteiger partial charge in [0.1, 0.15) is 36.4 Å². The predicted molar refractivity (Wildman–Crippen MR) is 117 cm³/mol. The molecule has 0 unspecified atom stereocenters. The molecule has 3 rings (SSSR count). The number of nitrogens with zero attached hydrogens (tertiary/aromatic N) is 2. The van der Waals surface area contributed by atoms with Gasteiger partial charge < -0.3 is 14.2 Å². The molecule has 160 valence electrons. The zero-order valence-corrected chi connectivity index (χ0v) is 17.8. The largest absolute Gasteiger partial charge is 0.489 e. The van der Waals surface area contributed by atoms with Crippen LogP contribution in [0.1, 0.15) is 26.3 Å². The lowest BCUT2D eigenvalue weighted by Crippen LogP contribution is -2.28. The first-order chi connectivity index (χ1) is 14.8. The number of esters is 1. The van der Waals surface area contributed by atoms with Gasteiger partial charge in [0, 0.05) is 12.1 Å². The maximum atomic E-state index is 13.0. The SMILES string of the molecule is C#CCOc1cc(OCc2ccccc2)cc2ncn(COC(=O)C(C)(C)C)c(=O)c12. The van der Waals surface area contributed by atoms with E-state index in [0.717, 1.165) is 5.56 Å². The highest BCUT2D eigenvalue weighted by Crippen LogP contribution is 2.28. The van der Waals surface area contributed by atoms with Crippen LogP contribution in [0.2, 0.25) is 0 Å². The molecule has 7 heteroatoms. The van der Waals surface area contributed by atoms with Gasteiger partial charge in [-0.3, -0.25) is 14.2 Å². The standard InChI is InChI=1S/C24H24N2O5/c1-5-11-29-20-13-18(30-14-17-9-7-6-8-10-17)12-19-21(20)22(27)26(15-25-19)16-31-23(28)24(2,3)4/h1,6-10,12-13,15H,11,14,16H2,2-4H3. The number of carbonyl (C=O) groups excluding carboxylic acids is 1. The van der Waals surface area contributed by atoms with Crippen molar-refractivity contribution in [2.24, 2.45) is 5.41 Å². The number of rotatable bonds is 7. The summed E-state index contributed by atoms with van der Waals surface area (Å²) in [7, 11) is 0. The molecule has 0 amide bonds. The molecular formula is C24H24N2O5. The Kier molecular flexibility index (Phi) is 6.61. The number of aromatic nitrogens is 2. The monoisotopic (exact) mass is 420 g/mol. The van der Waals surface area contributed by atoms with E-state index < -0.39 is 16.9 Å². The van der Waals surface area contributed by atoms with Gasteiger partial charge in [0.15, 0.2) is 6.73 Å². The van der Waals surface area contributed by atoms with Crippen LogP contribution in [-0.4, -0.2) is 22.1 Å². The number of benzene rings is 2. The van der Waals surface area contributed by atoms with Gasteiger partial charge in [-0.25, -0.2) is 4.98 Å². The van der Waals surface area contributed by atoms with Gasteiger partial charge in [-0.1, -0.05) is 36.3 Å². The molecule has 0 saturated heterocycles. The molecule has 0 aliphatic heterocycles. The minimum atomic E-state index is -0.681. The first-order valence-electron chi connectivity index (χ1n) is 9.73. The van der Waals surface area contributed by atoms with Crippen molar-refractivity contribution in [1.82, 2.24) is 9.55 Å². The lowest BCUT2D eigenvalue weighted by atomic mass is 9.98. The number of fused-ring (bicyclic) bond motifs is 1. The summed E-state index contributed by atoms with van der Waals surface area (Å²) in [5.74, 6) is 2.71. The van der Waals surface area contributed by atoms with Gasteiger partial charge in [-0.2, -0.15) is 0 Å². The van der Waals surface area contributed by atoms with Crippen molar-refractivity contribution in [3.8, 4) is 23.8 Å². The highest BCUT2D eigenvalue weighted by molar-refractivity contribution is 5.85. The Morgan fingerprint density at radius 1 is 1.16 bits per heavy atom. The van der Waals surface area contributed by atoms with Crippen molar-refractivity contribution < 1.29 is 19.0 Å². The fraction of sp³-hybridized carbons (Fsp3) is 0.292. The number of ether oxygens (including phenoxy) is 3. The number of hydrogen-bond donors (Lipinski definition) is 0. The van der Waals surface area contributed by atoms with E-state index in [-0.39, 0.29) is 24.5 Å². The Bertz CT molecular complexity index is 1170. The van der Waals surface area contributed by atoms with Crippen LogP contribution >= 0.6 is 0 Å². The topological polar surface area (TPSA) is 79.7 Å². The highest BCUT2D eigenvalue weighted by atomic mass is 16.5. The van der Waals surface area contributed by atoms with Crippen LogP contribution in [0.25, 0.3) is 10.9 Å². The third-order valence-corrected chi connectivity index (χ3v) is 4.37. The fourth-order valence-corrected chi connectivity index (χ4v) is 2.72. The van der Waals surface area contributed by atoms with E-state index in [1.54, 1.807) is 32.9 Å². The lowest BCUT2D eigenvalue weighted by molar-refractivity contribution is -0.157. The maximum Gasteiger partial charge on any atom is 0.312 e. The molecule has 2 aromatic carbocycles. The number of carbonyl (C=O) groups is 1. The van der Waals surface area contributed by atoms with Crippen molar-refractivity contribution >= 4 is 16.9 Å². The van der Waals surface area contributed by atoms with Crippen LogP contribution < -0.4 is 15.0 Å². The summed E-state index contributed by atoms with van der Waals surface area (Å²) in [5, 5.41) is 0.233. The third-order valence-electron chi connectivity index (χ3n) is 4.37. The molecule has 0 saturated carbocycles. The molecule has 0 aliphatic rings. The van der Waals surface area contributed by atoms with Gasteiger partial charge >= 0.3 is 5.97 Å². The lowest BCUT2D eigenvalue weighted by Gasteiger charge is -2.17. The zero-order chi connectivity index (χ0) is 22.4. The number of hydrogen-bond acceptors (Lipinski definition) is 6. The van der Waals surface area contributed by atoms with Gasteiger partial charge in [0.05, 0.1) is 10.9 Å². The van der Waals surface area contributed by atoms with Crippen LogP contribution in [0, 0.1) is 17.8 Å². The molecule has 3 aromatic rings. The second kappa shape index (κ2) is 9.35. The Labute approximate surface area is 180 Å². The minimum absolute atomic E-state index is 0.0232. The van der Waals surface area contributed by atoms with Crippen molar-refractivity contribution in [2.75, 3.05) is 6.61 Å². The molecule has 0 atom stereocenters. The van der Waals surface area contributed by atoms with Crippen molar-refractivity contribution in [3.63, 3.8) is 0 Å². The molecule has 31 heavy (non-hydrogen) atoms. The van der Waals surface area contributed by atoms with E-state index in [1.165, 1.54) is 10.9 Å². The van der Waals surface area contributed by atoms with Crippen LogP contribution in [0.5, 0.6) is 11.5 Å². The molecule has 1 aromatic heterocycles. The summed E-state index contributed by atoms with van der Waals surface area (Å²) in [6, 6.07) is 13.0. The van der Waals surface area contributed by atoms with E-state index in [4.69, 9.17) is 20.6 Å².